The number of benzene rings is 1. The first-order valence-electron chi connectivity index (χ1n) is 7.57. The monoisotopic (exact) mass is 275 g/mol. The topological polar surface area (TPSA) is 29.5 Å². The van der Waals surface area contributed by atoms with Crippen molar-refractivity contribution in [3.05, 3.63) is 35.9 Å². The molecule has 0 unspecified atom stereocenters. The van der Waals surface area contributed by atoms with Crippen molar-refractivity contribution in [1.29, 1.82) is 0 Å². The summed E-state index contributed by atoms with van der Waals surface area (Å²) >= 11 is 0. The molecule has 20 heavy (non-hydrogen) atoms. The van der Waals surface area contributed by atoms with Crippen molar-refractivity contribution in [2.24, 2.45) is 0 Å². The Morgan fingerprint density at radius 3 is 2.35 bits per heavy atom. The van der Waals surface area contributed by atoms with Crippen molar-refractivity contribution in [1.82, 2.24) is 4.90 Å². The highest BCUT2D eigenvalue weighted by molar-refractivity contribution is 5.83. The maximum Gasteiger partial charge on any atom is 0.316 e. The summed E-state index contributed by atoms with van der Waals surface area (Å²) in [6.45, 7) is 8.64. The Bertz CT molecular complexity index is 434. The molecule has 0 bridgehead atoms. The van der Waals surface area contributed by atoms with Crippen molar-refractivity contribution in [3.63, 3.8) is 0 Å². The van der Waals surface area contributed by atoms with E-state index in [1.807, 2.05) is 25.1 Å². The van der Waals surface area contributed by atoms with E-state index in [0.717, 1.165) is 31.5 Å². The van der Waals surface area contributed by atoms with Crippen LogP contribution in [-0.2, 0) is 14.9 Å². The Morgan fingerprint density at radius 1 is 1.25 bits per heavy atom. The van der Waals surface area contributed by atoms with Gasteiger partial charge in [-0.1, -0.05) is 30.3 Å². The van der Waals surface area contributed by atoms with Crippen molar-refractivity contribution in [3.8, 4) is 0 Å². The standard InChI is InChI=1S/C17H25NO2/c1-4-20-16(19)17(15-8-6-5-7-9-15)10-12-18(13-11-17)14(2)3/h5-9,14H,4,10-13H2,1-3H3. The molecule has 1 saturated heterocycles. The number of piperidine rings is 1. The predicted molar refractivity (Wildman–Crippen MR) is 80.7 cm³/mol. The van der Waals surface area contributed by atoms with Gasteiger partial charge in [0.25, 0.3) is 0 Å². The fraction of sp³-hybridized carbons (Fsp3) is 0.588. The van der Waals surface area contributed by atoms with Gasteiger partial charge in [0.05, 0.1) is 12.0 Å². The zero-order valence-electron chi connectivity index (χ0n) is 12.8. The summed E-state index contributed by atoms with van der Waals surface area (Å²) in [5.41, 5.74) is 0.643. The minimum atomic E-state index is -0.456. The zero-order chi connectivity index (χ0) is 14.6. The Balaban J connectivity index is 2.26. The molecule has 1 heterocycles. The first-order valence-corrected chi connectivity index (χ1v) is 7.57. The van der Waals surface area contributed by atoms with Crippen LogP contribution in [0, 0.1) is 0 Å². The summed E-state index contributed by atoms with van der Waals surface area (Å²) in [4.78, 5) is 15.0. The molecule has 3 nitrogen and oxygen atoms in total. The summed E-state index contributed by atoms with van der Waals surface area (Å²) in [7, 11) is 0. The van der Waals surface area contributed by atoms with E-state index in [0.29, 0.717) is 12.6 Å². The summed E-state index contributed by atoms with van der Waals surface area (Å²) < 4.78 is 5.38. The number of hydrogen-bond donors (Lipinski definition) is 0. The van der Waals surface area contributed by atoms with Gasteiger partial charge in [-0.25, -0.2) is 0 Å². The average Bonchev–Trinajstić information content (AvgIpc) is 2.48. The number of carbonyl (C=O) groups is 1. The lowest BCUT2D eigenvalue weighted by molar-refractivity contribution is -0.152. The van der Waals surface area contributed by atoms with Gasteiger partial charge in [0.15, 0.2) is 0 Å². The molecular formula is C17H25NO2. The third-order valence-electron chi connectivity index (χ3n) is 4.37. The van der Waals surface area contributed by atoms with Crippen LogP contribution in [0.25, 0.3) is 0 Å². The molecule has 1 aromatic carbocycles. The van der Waals surface area contributed by atoms with E-state index in [-0.39, 0.29) is 5.97 Å². The maximum absolute atomic E-state index is 12.6. The number of nitrogens with zero attached hydrogens (tertiary/aromatic N) is 1. The van der Waals surface area contributed by atoms with E-state index in [9.17, 15) is 4.79 Å². The lowest BCUT2D eigenvalue weighted by atomic mass is 9.72. The van der Waals surface area contributed by atoms with Crippen LogP contribution in [0.5, 0.6) is 0 Å². The lowest BCUT2D eigenvalue weighted by Gasteiger charge is -2.41. The maximum atomic E-state index is 12.6. The highest BCUT2D eigenvalue weighted by Gasteiger charge is 2.44. The number of ether oxygens (including phenoxy) is 1. The summed E-state index contributed by atoms with van der Waals surface area (Å²) in [5, 5.41) is 0. The molecule has 0 aromatic heterocycles. The van der Waals surface area contributed by atoms with Crippen LogP contribution in [0.3, 0.4) is 0 Å². The Kier molecular flexibility index (Phi) is 4.81. The van der Waals surface area contributed by atoms with Crippen molar-refractivity contribution in [2.75, 3.05) is 19.7 Å². The highest BCUT2D eigenvalue weighted by atomic mass is 16.5. The number of hydrogen-bond acceptors (Lipinski definition) is 3. The molecule has 0 aliphatic carbocycles. The highest BCUT2D eigenvalue weighted by Crippen LogP contribution is 2.37. The quantitative estimate of drug-likeness (QED) is 0.791. The second-order valence-electron chi connectivity index (χ2n) is 5.80. The van der Waals surface area contributed by atoms with Gasteiger partial charge in [0.1, 0.15) is 0 Å². The van der Waals surface area contributed by atoms with Crippen molar-refractivity contribution < 1.29 is 9.53 Å². The third kappa shape index (κ3) is 2.88. The van der Waals surface area contributed by atoms with E-state index in [2.05, 4.69) is 30.9 Å². The molecule has 0 amide bonds. The molecule has 1 fully saturated rings. The van der Waals surface area contributed by atoms with E-state index in [4.69, 9.17) is 4.74 Å². The molecule has 0 spiro atoms. The van der Waals surface area contributed by atoms with Crippen LogP contribution in [0.2, 0.25) is 0 Å². The third-order valence-corrected chi connectivity index (χ3v) is 4.37. The fourth-order valence-electron chi connectivity index (χ4n) is 3.06. The van der Waals surface area contributed by atoms with Crippen molar-refractivity contribution in [2.45, 2.75) is 45.1 Å². The van der Waals surface area contributed by atoms with Crippen LogP contribution in [0.4, 0.5) is 0 Å². The van der Waals surface area contributed by atoms with Gasteiger partial charge in [-0.15, -0.1) is 0 Å². The minimum absolute atomic E-state index is 0.0605. The number of likely N-dealkylation sites (tertiary alicyclic amines) is 1. The van der Waals surface area contributed by atoms with Gasteiger partial charge >= 0.3 is 5.97 Å². The lowest BCUT2D eigenvalue weighted by Crippen LogP contribution is -2.49. The molecule has 3 heteroatoms. The van der Waals surface area contributed by atoms with E-state index >= 15 is 0 Å². The van der Waals surface area contributed by atoms with Crippen LogP contribution < -0.4 is 0 Å². The van der Waals surface area contributed by atoms with Gasteiger partial charge in [0, 0.05) is 6.04 Å². The first-order chi connectivity index (χ1) is 9.60. The Labute approximate surface area is 121 Å². The molecular weight excluding hydrogens is 250 g/mol. The first kappa shape index (κ1) is 15.0. The van der Waals surface area contributed by atoms with Gasteiger partial charge < -0.3 is 9.64 Å². The average molecular weight is 275 g/mol. The molecule has 2 rings (SSSR count). The van der Waals surface area contributed by atoms with E-state index < -0.39 is 5.41 Å². The van der Waals surface area contributed by atoms with E-state index in [1.54, 1.807) is 0 Å². The van der Waals surface area contributed by atoms with Gasteiger partial charge in [-0.2, -0.15) is 0 Å². The van der Waals surface area contributed by atoms with E-state index in [1.165, 1.54) is 0 Å². The molecule has 0 atom stereocenters. The smallest absolute Gasteiger partial charge is 0.316 e. The largest absolute Gasteiger partial charge is 0.465 e. The SMILES string of the molecule is CCOC(=O)C1(c2ccccc2)CCN(C(C)C)CC1. The van der Waals surface area contributed by atoms with Crippen molar-refractivity contribution >= 4 is 5.97 Å². The summed E-state index contributed by atoms with van der Waals surface area (Å²) in [6.07, 6.45) is 1.68. The second-order valence-corrected chi connectivity index (χ2v) is 5.80. The predicted octanol–water partition coefficient (Wildman–Crippen LogP) is 2.99. The summed E-state index contributed by atoms with van der Waals surface area (Å²) in [6, 6.07) is 10.7. The minimum Gasteiger partial charge on any atom is -0.465 e. The number of rotatable bonds is 4. The number of esters is 1. The molecule has 0 N–H and O–H groups in total. The van der Waals surface area contributed by atoms with Crippen LogP contribution in [-0.4, -0.2) is 36.6 Å². The van der Waals surface area contributed by atoms with Gasteiger partial charge in [-0.05, 0) is 52.3 Å². The molecule has 0 saturated carbocycles. The molecule has 1 aliphatic rings. The van der Waals surface area contributed by atoms with Gasteiger partial charge in [0.2, 0.25) is 0 Å². The fourth-order valence-corrected chi connectivity index (χ4v) is 3.06. The van der Waals surface area contributed by atoms with Crippen LogP contribution >= 0.6 is 0 Å². The zero-order valence-corrected chi connectivity index (χ0v) is 12.8. The van der Waals surface area contributed by atoms with Crippen LogP contribution in [0.1, 0.15) is 39.2 Å². The summed E-state index contributed by atoms with van der Waals surface area (Å²) in [5.74, 6) is -0.0605. The molecule has 1 aromatic rings. The second kappa shape index (κ2) is 6.40. The molecule has 110 valence electrons. The Morgan fingerprint density at radius 2 is 1.85 bits per heavy atom. The molecule has 0 radical (unpaired) electrons. The molecule has 1 aliphatic heterocycles. The van der Waals surface area contributed by atoms with Crippen LogP contribution in [0.15, 0.2) is 30.3 Å². The number of carbonyl (C=O) groups excluding carboxylic acids is 1. The Hall–Kier alpha value is -1.35. The normalized spacial score (nSPS) is 19.0. The van der Waals surface area contributed by atoms with Gasteiger partial charge in [-0.3, -0.25) is 4.79 Å².